The van der Waals surface area contributed by atoms with Gasteiger partial charge in [0.1, 0.15) is 16.9 Å². The first kappa shape index (κ1) is 15.6. The molecule has 2 aromatic rings. The molecule has 3 rings (SSSR count). The first-order chi connectivity index (χ1) is 10.8. The zero-order chi connectivity index (χ0) is 16.8. The predicted octanol–water partition coefficient (Wildman–Crippen LogP) is 0.569. The van der Waals surface area contributed by atoms with Crippen LogP contribution in [0.4, 0.5) is 0 Å². The van der Waals surface area contributed by atoms with Crippen LogP contribution in [-0.4, -0.2) is 44.9 Å². The summed E-state index contributed by atoms with van der Waals surface area (Å²) < 4.78 is 28.5. The maximum atomic E-state index is 12.9. The number of hydrogen-bond acceptors (Lipinski definition) is 5. The lowest BCUT2D eigenvalue weighted by atomic mass is 10.1. The highest BCUT2D eigenvalue weighted by molar-refractivity contribution is 7.89. The molecule has 8 nitrogen and oxygen atoms in total. The Hall–Kier alpha value is -2.26. The van der Waals surface area contributed by atoms with E-state index in [0.717, 1.165) is 11.3 Å². The lowest BCUT2D eigenvalue weighted by Gasteiger charge is -2.27. The van der Waals surface area contributed by atoms with Crippen molar-refractivity contribution in [3.8, 4) is 0 Å². The molecule has 23 heavy (non-hydrogen) atoms. The van der Waals surface area contributed by atoms with E-state index in [2.05, 4.69) is 9.97 Å². The van der Waals surface area contributed by atoms with Gasteiger partial charge in [-0.05, 0) is 13.0 Å². The van der Waals surface area contributed by atoms with Gasteiger partial charge >= 0.3 is 5.97 Å². The Morgan fingerprint density at radius 2 is 2.13 bits per heavy atom. The van der Waals surface area contributed by atoms with Crippen LogP contribution in [0.25, 0.3) is 0 Å². The fraction of sp³-hybridized carbons (Fsp3) is 0.357. The Morgan fingerprint density at radius 1 is 1.39 bits per heavy atom. The molecular weight excluding hydrogens is 320 g/mol. The van der Waals surface area contributed by atoms with Gasteiger partial charge in [-0.2, -0.15) is 4.31 Å². The second-order valence-corrected chi connectivity index (χ2v) is 7.33. The number of sulfonamides is 1. The summed E-state index contributed by atoms with van der Waals surface area (Å²) in [7, 11) is -2.24. The van der Waals surface area contributed by atoms with Gasteiger partial charge in [0.05, 0.1) is 0 Å². The van der Waals surface area contributed by atoms with Gasteiger partial charge < -0.3 is 9.67 Å². The third-order valence-corrected chi connectivity index (χ3v) is 6.11. The maximum absolute atomic E-state index is 12.9. The van der Waals surface area contributed by atoms with Crippen molar-refractivity contribution in [1.82, 2.24) is 18.8 Å². The SMILES string of the molecule is Cc1c(S(=O)(=O)N2CCc3ncncc3C2)cc(C(=O)O)n1C. The van der Waals surface area contributed by atoms with Crippen LogP contribution in [0.1, 0.15) is 27.4 Å². The van der Waals surface area contributed by atoms with E-state index >= 15 is 0 Å². The van der Waals surface area contributed by atoms with Crippen molar-refractivity contribution < 1.29 is 18.3 Å². The van der Waals surface area contributed by atoms with Gasteiger partial charge in [-0.1, -0.05) is 0 Å². The number of carboxylic acid groups (broad SMARTS) is 1. The minimum absolute atomic E-state index is 0.0256. The molecule has 1 aliphatic heterocycles. The maximum Gasteiger partial charge on any atom is 0.352 e. The Kier molecular flexibility index (Phi) is 3.69. The zero-order valence-corrected chi connectivity index (χ0v) is 13.5. The molecule has 0 unspecified atom stereocenters. The van der Waals surface area contributed by atoms with Gasteiger partial charge in [0.15, 0.2) is 0 Å². The van der Waals surface area contributed by atoms with Crippen LogP contribution < -0.4 is 0 Å². The van der Waals surface area contributed by atoms with Crippen LogP contribution in [0.3, 0.4) is 0 Å². The van der Waals surface area contributed by atoms with Crippen LogP contribution in [0.5, 0.6) is 0 Å². The Morgan fingerprint density at radius 3 is 2.78 bits per heavy atom. The normalized spacial score (nSPS) is 15.4. The number of carboxylic acids is 1. The number of rotatable bonds is 3. The van der Waals surface area contributed by atoms with E-state index in [1.807, 2.05) is 0 Å². The van der Waals surface area contributed by atoms with Crippen molar-refractivity contribution >= 4 is 16.0 Å². The van der Waals surface area contributed by atoms with E-state index in [1.54, 1.807) is 13.1 Å². The first-order valence-corrected chi connectivity index (χ1v) is 8.44. The smallest absolute Gasteiger partial charge is 0.352 e. The molecule has 0 radical (unpaired) electrons. The molecule has 3 heterocycles. The van der Waals surface area contributed by atoms with Crippen LogP contribution in [0, 0.1) is 6.92 Å². The van der Waals surface area contributed by atoms with Crippen molar-refractivity contribution in [3.63, 3.8) is 0 Å². The van der Waals surface area contributed by atoms with E-state index in [1.165, 1.54) is 28.3 Å². The summed E-state index contributed by atoms with van der Waals surface area (Å²) in [4.78, 5) is 19.3. The third kappa shape index (κ3) is 2.51. The average molecular weight is 336 g/mol. The molecule has 2 aromatic heterocycles. The van der Waals surface area contributed by atoms with Crippen molar-refractivity contribution in [2.24, 2.45) is 7.05 Å². The fourth-order valence-corrected chi connectivity index (χ4v) is 4.41. The van der Waals surface area contributed by atoms with Crippen molar-refractivity contribution in [2.45, 2.75) is 24.8 Å². The topological polar surface area (TPSA) is 105 Å². The summed E-state index contributed by atoms with van der Waals surface area (Å²) in [5.74, 6) is -1.16. The molecule has 1 N–H and O–H groups in total. The standard InChI is InChI=1S/C14H16N4O4S/c1-9-13(5-12(14(19)20)17(9)2)23(21,22)18-4-3-11-10(7-18)6-15-8-16-11/h5-6,8H,3-4,7H2,1-2H3,(H,19,20). The second kappa shape index (κ2) is 5.43. The van der Waals surface area contributed by atoms with Crippen LogP contribution >= 0.6 is 0 Å². The molecule has 0 amide bonds. The van der Waals surface area contributed by atoms with E-state index in [-0.39, 0.29) is 17.1 Å². The molecule has 0 fully saturated rings. The molecule has 0 saturated carbocycles. The molecule has 1 aliphatic rings. The minimum Gasteiger partial charge on any atom is -0.477 e. The average Bonchev–Trinajstić information content (AvgIpc) is 2.83. The molecule has 0 bridgehead atoms. The molecule has 0 aliphatic carbocycles. The predicted molar refractivity (Wildman–Crippen MR) is 80.4 cm³/mol. The van der Waals surface area contributed by atoms with Gasteiger partial charge in [-0.3, -0.25) is 0 Å². The number of hydrogen-bond donors (Lipinski definition) is 1. The van der Waals surface area contributed by atoms with E-state index in [9.17, 15) is 13.2 Å². The number of aromatic carboxylic acids is 1. The van der Waals surface area contributed by atoms with Gasteiger partial charge in [0, 0.05) is 49.7 Å². The highest BCUT2D eigenvalue weighted by Crippen LogP contribution is 2.27. The molecular formula is C14H16N4O4S. The van der Waals surface area contributed by atoms with Crippen molar-refractivity contribution in [2.75, 3.05) is 6.54 Å². The third-order valence-electron chi connectivity index (χ3n) is 4.15. The minimum atomic E-state index is -3.78. The van der Waals surface area contributed by atoms with E-state index in [0.29, 0.717) is 18.7 Å². The zero-order valence-electron chi connectivity index (χ0n) is 12.7. The molecule has 0 atom stereocenters. The lowest BCUT2D eigenvalue weighted by Crippen LogP contribution is -2.36. The number of fused-ring (bicyclic) bond motifs is 1. The Bertz CT molecular complexity index is 888. The highest BCUT2D eigenvalue weighted by Gasteiger charge is 2.32. The van der Waals surface area contributed by atoms with Crippen LogP contribution in [0.15, 0.2) is 23.5 Å². The largest absolute Gasteiger partial charge is 0.477 e. The number of carbonyl (C=O) groups is 1. The van der Waals surface area contributed by atoms with Gasteiger partial charge in [0.25, 0.3) is 0 Å². The monoisotopic (exact) mass is 336 g/mol. The summed E-state index contributed by atoms with van der Waals surface area (Å²) in [5, 5.41) is 9.16. The van der Waals surface area contributed by atoms with Gasteiger partial charge in [0.2, 0.25) is 10.0 Å². The molecule has 0 aromatic carbocycles. The molecule has 9 heteroatoms. The van der Waals surface area contributed by atoms with Gasteiger partial charge in [-0.15, -0.1) is 0 Å². The second-order valence-electron chi connectivity index (χ2n) is 5.43. The van der Waals surface area contributed by atoms with E-state index < -0.39 is 16.0 Å². The first-order valence-electron chi connectivity index (χ1n) is 7.00. The fourth-order valence-electron chi connectivity index (χ4n) is 2.72. The summed E-state index contributed by atoms with van der Waals surface area (Å²) in [5.41, 5.74) is 1.97. The Labute approximate surface area is 133 Å². The highest BCUT2D eigenvalue weighted by atomic mass is 32.2. The number of nitrogens with zero attached hydrogens (tertiary/aromatic N) is 4. The molecule has 122 valence electrons. The van der Waals surface area contributed by atoms with Crippen LogP contribution in [-0.2, 0) is 30.0 Å². The molecule has 0 saturated heterocycles. The quantitative estimate of drug-likeness (QED) is 0.878. The summed E-state index contributed by atoms with van der Waals surface area (Å²) in [6, 6.07) is 1.21. The number of aromatic nitrogens is 3. The Balaban J connectivity index is 2.01. The van der Waals surface area contributed by atoms with Gasteiger partial charge in [-0.25, -0.2) is 23.2 Å². The molecule has 0 spiro atoms. The van der Waals surface area contributed by atoms with Crippen molar-refractivity contribution in [3.05, 3.63) is 41.2 Å². The summed E-state index contributed by atoms with van der Waals surface area (Å²) in [6.07, 6.45) is 3.57. The van der Waals surface area contributed by atoms with Crippen LogP contribution in [0.2, 0.25) is 0 Å². The lowest BCUT2D eigenvalue weighted by molar-refractivity contribution is 0.0686. The van der Waals surface area contributed by atoms with E-state index in [4.69, 9.17) is 5.11 Å². The summed E-state index contributed by atoms with van der Waals surface area (Å²) in [6.45, 7) is 2.10. The van der Waals surface area contributed by atoms with Crippen molar-refractivity contribution in [1.29, 1.82) is 0 Å². The summed E-state index contributed by atoms with van der Waals surface area (Å²) >= 11 is 0.